The Bertz CT molecular complexity index is 454. The zero-order valence-corrected chi connectivity index (χ0v) is 14.4. The predicted octanol–water partition coefficient (Wildman–Crippen LogP) is 2.61. The van der Waals surface area contributed by atoms with E-state index in [0.717, 1.165) is 17.4 Å². The molecule has 1 fully saturated rings. The highest BCUT2D eigenvalue weighted by Gasteiger charge is 2.29. The summed E-state index contributed by atoms with van der Waals surface area (Å²) in [6.07, 6.45) is 3.49. The first-order valence-electron chi connectivity index (χ1n) is 8.40. The highest BCUT2D eigenvalue weighted by atomic mass is 35.5. The monoisotopic (exact) mass is 326 g/mol. The molecule has 3 nitrogen and oxygen atoms in total. The SMILES string of the molecule is C[C@@H]1[C@@H](C)CCC[C@H]1[NH2+]C[C@H](O)COCc1ccccc1Cl. The zero-order chi connectivity index (χ0) is 15.9. The van der Waals surface area contributed by atoms with Crippen LogP contribution in [0.5, 0.6) is 0 Å². The lowest BCUT2D eigenvalue weighted by molar-refractivity contribution is -0.704. The van der Waals surface area contributed by atoms with E-state index < -0.39 is 6.10 Å². The molecule has 0 heterocycles. The number of rotatable bonds is 7. The number of hydrogen-bond acceptors (Lipinski definition) is 2. The number of aliphatic hydroxyl groups excluding tert-OH is 1. The molecule has 0 amide bonds. The van der Waals surface area contributed by atoms with Crippen LogP contribution < -0.4 is 5.32 Å². The van der Waals surface area contributed by atoms with Crippen LogP contribution in [0.2, 0.25) is 5.02 Å². The summed E-state index contributed by atoms with van der Waals surface area (Å²) in [4.78, 5) is 0. The summed E-state index contributed by atoms with van der Waals surface area (Å²) in [5.41, 5.74) is 0.968. The summed E-state index contributed by atoms with van der Waals surface area (Å²) < 4.78 is 5.60. The quantitative estimate of drug-likeness (QED) is 0.809. The molecule has 0 unspecified atom stereocenters. The first kappa shape index (κ1) is 17.7. The predicted molar refractivity (Wildman–Crippen MR) is 89.9 cm³/mol. The van der Waals surface area contributed by atoms with Gasteiger partial charge in [-0.15, -0.1) is 0 Å². The van der Waals surface area contributed by atoms with Crippen molar-refractivity contribution in [1.29, 1.82) is 0 Å². The van der Waals surface area contributed by atoms with Crippen molar-refractivity contribution >= 4 is 11.6 Å². The lowest BCUT2D eigenvalue weighted by Crippen LogP contribution is -2.93. The third-order valence-electron chi connectivity index (χ3n) is 5.01. The van der Waals surface area contributed by atoms with E-state index in [1.165, 1.54) is 19.3 Å². The number of hydrogen-bond donors (Lipinski definition) is 2. The fourth-order valence-electron chi connectivity index (χ4n) is 3.28. The fraction of sp³-hybridized carbons (Fsp3) is 0.667. The van der Waals surface area contributed by atoms with Gasteiger partial charge in [0, 0.05) is 10.9 Å². The topological polar surface area (TPSA) is 46.1 Å². The Balaban J connectivity index is 1.66. The molecule has 2 rings (SSSR count). The highest BCUT2D eigenvalue weighted by molar-refractivity contribution is 6.31. The number of ether oxygens (including phenoxy) is 1. The standard InChI is InChI=1S/C18H28ClNO2/c1-13-6-5-9-18(14(13)2)20-10-16(21)12-22-11-15-7-3-4-8-17(15)19/h3-4,7-8,13-14,16,18,20-21H,5-6,9-12H2,1-2H3/p+1/t13-,14+,16-,18+/m0/s1. The second-order valence-corrected chi connectivity index (χ2v) is 7.07. The van der Waals surface area contributed by atoms with Crippen LogP contribution in [0, 0.1) is 11.8 Å². The van der Waals surface area contributed by atoms with E-state index in [0.29, 0.717) is 30.8 Å². The lowest BCUT2D eigenvalue weighted by atomic mass is 9.78. The fourth-order valence-corrected chi connectivity index (χ4v) is 3.47. The molecule has 4 atom stereocenters. The van der Waals surface area contributed by atoms with Gasteiger partial charge in [0.1, 0.15) is 12.6 Å². The third-order valence-corrected chi connectivity index (χ3v) is 5.38. The van der Waals surface area contributed by atoms with Gasteiger partial charge in [0.2, 0.25) is 0 Å². The highest BCUT2D eigenvalue weighted by Crippen LogP contribution is 2.27. The van der Waals surface area contributed by atoms with Crippen LogP contribution >= 0.6 is 11.6 Å². The summed E-state index contributed by atoms with van der Waals surface area (Å²) in [7, 11) is 0. The molecule has 1 aliphatic carbocycles. The van der Waals surface area contributed by atoms with Gasteiger partial charge in [-0.1, -0.05) is 43.6 Å². The van der Waals surface area contributed by atoms with Crippen LogP contribution in [0.3, 0.4) is 0 Å². The molecule has 0 bridgehead atoms. The van der Waals surface area contributed by atoms with Crippen molar-refractivity contribution in [1.82, 2.24) is 0 Å². The normalized spacial score (nSPS) is 26.8. The second-order valence-electron chi connectivity index (χ2n) is 6.66. The van der Waals surface area contributed by atoms with E-state index in [4.69, 9.17) is 16.3 Å². The Morgan fingerprint density at radius 2 is 2.09 bits per heavy atom. The first-order valence-corrected chi connectivity index (χ1v) is 8.78. The number of quaternary nitrogens is 1. The molecular weight excluding hydrogens is 298 g/mol. The number of halogens is 1. The van der Waals surface area contributed by atoms with E-state index in [-0.39, 0.29) is 0 Å². The number of aliphatic hydroxyl groups is 1. The van der Waals surface area contributed by atoms with E-state index >= 15 is 0 Å². The van der Waals surface area contributed by atoms with Gasteiger partial charge in [0.25, 0.3) is 0 Å². The Hall–Kier alpha value is -0.610. The van der Waals surface area contributed by atoms with Gasteiger partial charge >= 0.3 is 0 Å². The summed E-state index contributed by atoms with van der Waals surface area (Å²) in [5.74, 6) is 1.52. The first-order chi connectivity index (χ1) is 10.6. The molecule has 1 aromatic carbocycles. The summed E-state index contributed by atoms with van der Waals surface area (Å²) in [6, 6.07) is 8.30. The minimum absolute atomic E-state index is 0.360. The molecule has 22 heavy (non-hydrogen) atoms. The third kappa shape index (κ3) is 5.24. The van der Waals surface area contributed by atoms with Gasteiger partial charge in [0.15, 0.2) is 0 Å². The molecule has 1 aliphatic rings. The largest absolute Gasteiger partial charge is 0.385 e. The van der Waals surface area contributed by atoms with Crippen molar-refractivity contribution < 1.29 is 15.2 Å². The molecule has 3 N–H and O–H groups in total. The summed E-state index contributed by atoms with van der Waals surface area (Å²) >= 11 is 6.08. The van der Waals surface area contributed by atoms with Crippen molar-refractivity contribution in [2.24, 2.45) is 11.8 Å². The number of nitrogens with two attached hydrogens (primary N) is 1. The molecule has 124 valence electrons. The maximum absolute atomic E-state index is 10.1. The van der Waals surface area contributed by atoms with Gasteiger partial charge in [-0.3, -0.25) is 0 Å². The van der Waals surface area contributed by atoms with E-state index in [2.05, 4.69) is 19.2 Å². The molecule has 1 aromatic rings. The number of benzene rings is 1. The van der Waals surface area contributed by atoms with Gasteiger partial charge in [-0.2, -0.15) is 0 Å². The minimum Gasteiger partial charge on any atom is -0.385 e. The lowest BCUT2D eigenvalue weighted by Gasteiger charge is -2.32. The van der Waals surface area contributed by atoms with Crippen molar-refractivity contribution in [3.8, 4) is 0 Å². The van der Waals surface area contributed by atoms with Gasteiger partial charge in [-0.25, -0.2) is 0 Å². The average molecular weight is 327 g/mol. The van der Waals surface area contributed by atoms with Crippen LogP contribution in [0.4, 0.5) is 0 Å². The van der Waals surface area contributed by atoms with Crippen molar-refractivity contribution in [2.45, 2.75) is 51.9 Å². The molecule has 1 saturated carbocycles. The molecule has 0 aromatic heterocycles. The van der Waals surface area contributed by atoms with E-state index in [1.54, 1.807) is 0 Å². The van der Waals surface area contributed by atoms with Crippen molar-refractivity contribution in [3.63, 3.8) is 0 Å². The van der Waals surface area contributed by atoms with Gasteiger partial charge < -0.3 is 15.2 Å². The van der Waals surface area contributed by atoms with Crippen molar-refractivity contribution in [2.75, 3.05) is 13.2 Å². The molecule has 0 radical (unpaired) electrons. The molecule has 0 aliphatic heterocycles. The van der Waals surface area contributed by atoms with Crippen molar-refractivity contribution in [3.05, 3.63) is 34.9 Å². The van der Waals surface area contributed by atoms with Crippen LogP contribution in [0.15, 0.2) is 24.3 Å². The van der Waals surface area contributed by atoms with Crippen LogP contribution in [-0.4, -0.2) is 30.4 Å². The van der Waals surface area contributed by atoms with Crippen LogP contribution in [-0.2, 0) is 11.3 Å². The molecular formula is C18H29ClNO2+. The zero-order valence-electron chi connectivity index (χ0n) is 13.7. The molecule has 0 spiro atoms. The summed E-state index contributed by atoms with van der Waals surface area (Å²) in [6.45, 7) is 6.20. The summed E-state index contributed by atoms with van der Waals surface area (Å²) in [5, 5.41) is 13.1. The minimum atomic E-state index is -0.424. The van der Waals surface area contributed by atoms with Gasteiger partial charge in [0.05, 0.1) is 19.3 Å². The maximum Gasteiger partial charge on any atom is 0.126 e. The van der Waals surface area contributed by atoms with Crippen LogP contribution in [0.25, 0.3) is 0 Å². The smallest absolute Gasteiger partial charge is 0.126 e. The van der Waals surface area contributed by atoms with Gasteiger partial charge in [-0.05, 0) is 36.8 Å². The Labute approximate surface area is 139 Å². The Morgan fingerprint density at radius 1 is 1.32 bits per heavy atom. The van der Waals surface area contributed by atoms with Crippen LogP contribution in [0.1, 0.15) is 38.7 Å². The average Bonchev–Trinajstić information content (AvgIpc) is 2.51. The van der Waals surface area contributed by atoms with E-state index in [1.807, 2.05) is 24.3 Å². The second kappa shape index (κ2) is 8.88. The Morgan fingerprint density at radius 3 is 2.86 bits per heavy atom. The Kier molecular flexibility index (Phi) is 7.16. The molecule has 4 heteroatoms. The molecule has 0 saturated heterocycles. The maximum atomic E-state index is 10.1. The van der Waals surface area contributed by atoms with E-state index in [9.17, 15) is 5.11 Å².